The molecule has 0 rings (SSSR count). The van der Waals surface area contributed by atoms with Crippen molar-refractivity contribution in [3.8, 4) is 0 Å². The van der Waals surface area contributed by atoms with Crippen molar-refractivity contribution >= 4 is 23.9 Å². The van der Waals surface area contributed by atoms with Gasteiger partial charge in [-0.25, -0.2) is 4.79 Å². The second-order valence-corrected chi connectivity index (χ2v) is 4.09. The Labute approximate surface area is 71.2 Å². The molecule has 0 atom stereocenters. The number of hydrogen-bond acceptors (Lipinski definition) is 4. The molecule has 0 aromatic rings. The van der Waals surface area contributed by atoms with E-state index in [4.69, 9.17) is 0 Å². The standard InChI is InChI=1S/C7H13NO2S/c1-6(9)10-8-5-7(2,3)11-4/h5H,1-4H3. The molecule has 0 saturated heterocycles. The van der Waals surface area contributed by atoms with Crippen LogP contribution in [0.2, 0.25) is 0 Å². The number of thioether (sulfide) groups is 1. The highest BCUT2D eigenvalue weighted by Gasteiger charge is 2.12. The molecule has 0 bridgehead atoms. The van der Waals surface area contributed by atoms with E-state index in [2.05, 4.69) is 9.99 Å². The molecule has 0 N–H and O–H groups in total. The van der Waals surface area contributed by atoms with Gasteiger partial charge in [-0.3, -0.25) is 0 Å². The van der Waals surface area contributed by atoms with Crippen LogP contribution < -0.4 is 0 Å². The van der Waals surface area contributed by atoms with Gasteiger partial charge in [0.25, 0.3) is 0 Å². The molecule has 4 heteroatoms. The maximum atomic E-state index is 10.3. The summed E-state index contributed by atoms with van der Waals surface area (Å²) in [4.78, 5) is 14.7. The van der Waals surface area contributed by atoms with Crippen LogP contribution >= 0.6 is 11.8 Å². The van der Waals surface area contributed by atoms with Gasteiger partial charge in [0.2, 0.25) is 0 Å². The Balaban J connectivity index is 3.82. The summed E-state index contributed by atoms with van der Waals surface area (Å²) in [6.45, 7) is 5.30. The van der Waals surface area contributed by atoms with Crippen molar-refractivity contribution in [2.75, 3.05) is 6.26 Å². The SMILES string of the molecule is CSC(C)(C)C=NOC(C)=O. The minimum atomic E-state index is -0.391. The minimum Gasteiger partial charge on any atom is -0.319 e. The van der Waals surface area contributed by atoms with Crippen molar-refractivity contribution in [3.05, 3.63) is 0 Å². The lowest BCUT2D eigenvalue weighted by Gasteiger charge is -2.13. The molecule has 0 amide bonds. The van der Waals surface area contributed by atoms with Gasteiger partial charge in [-0.05, 0) is 20.1 Å². The van der Waals surface area contributed by atoms with Crippen LogP contribution in [-0.2, 0) is 9.63 Å². The average Bonchev–Trinajstić information content (AvgIpc) is 1.87. The Bertz CT molecular complexity index is 166. The van der Waals surface area contributed by atoms with E-state index in [1.165, 1.54) is 6.92 Å². The van der Waals surface area contributed by atoms with Gasteiger partial charge < -0.3 is 4.84 Å². The Morgan fingerprint density at radius 1 is 1.64 bits per heavy atom. The monoisotopic (exact) mass is 175 g/mol. The number of carbonyl (C=O) groups excluding carboxylic acids is 1. The molecule has 0 spiro atoms. The molecule has 11 heavy (non-hydrogen) atoms. The zero-order valence-electron chi connectivity index (χ0n) is 7.25. The molecule has 64 valence electrons. The first-order valence-corrected chi connectivity index (χ1v) is 4.47. The minimum absolute atomic E-state index is 0.0740. The number of carbonyl (C=O) groups is 1. The molecule has 0 aliphatic carbocycles. The van der Waals surface area contributed by atoms with Gasteiger partial charge in [-0.15, -0.1) is 0 Å². The predicted octanol–water partition coefficient (Wildman–Crippen LogP) is 1.68. The topological polar surface area (TPSA) is 38.7 Å². The van der Waals surface area contributed by atoms with E-state index in [1.54, 1.807) is 18.0 Å². The van der Waals surface area contributed by atoms with Crippen molar-refractivity contribution in [2.24, 2.45) is 5.16 Å². The fourth-order valence-electron chi connectivity index (χ4n) is 0.280. The third kappa shape index (κ3) is 5.91. The largest absolute Gasteiger partial charge is 0.331 e. The summed E-state index contributed by atoms with van der Waals surface area (Å²) in [5, 5.41) is 3.52. The molecule has 0 aliphatic rings. The highest BCUT2D eigenvalue weighted by Crippen LogP contribution is 2.17. The first-order chi connectivity index (χ1) is 4.98. The van der Waals surface area contributed by atoms with Gasteiger partial charge in [-0.2, -0.15) is 11.8 Å². The Morgan fingerprint density at radius 2 is 2.18 bits per heavy atom. The van der Waals surface area contributed by atoms with E-state index in [1.807, 2.05) is 20.1 Å². The molecule has 0 aliphatic heterocycles. The number of nitrogens with zero attached hydrogens (tertiary/aromatic N) is 1. The van der Waals surface area contributed by atoms with Gasteiger partial charge in [0.1, 0.15) is 0 Å². The second kappa shape index (κ2) is 4.38. The summed E-state index contributed by atoms with van der Waals surface area (Å²) in [6, 6.07) is 0. The summed E-state index contributed by atoms with van der Waals surface area (Å²) in [6.07, 6.45) is 3.58. The molecule has 0 unspecified atom stereocenters. The van der Waals surface area contributed by atoms with Crippen LogP contribution in [0.1, 0.15) is 20.8 Å². The second-order valence-electron chi connectivity index (χ2n) is 2.62. The number of rotatable bonds is 3. The predicted molar refractivity (Wildman–Crippen MR) is 47.9 cm³/mol. The van der Waals surface area contributed by atoms with Crippen molar-refractivity contribution in [1.82, 2.24) is 0 Å². The molecule has 0 fully saturated rings. The van der Waals surface area contributed by atoms with Crippen LogP contribution in [0.3, 0.4) is 0 Å². The maximum absolute atomic E-state index is 10.3. The number of hydrogen-bond donors (Lipinski definition) is 0. The normalized spacial score (nSPS) is 12.0. The van der Waals surface area contributed by atoms with E-state index in [-0.39, 0.29) is 4.75 Å². The Morgan fingerprint density at radius 3 is 2.55 bits per heavy atom. The first kappa shape index (κ1) is 10.5. The number of oxime groups is 1. The van der Waals surface area contributed by atoms with E-state index in [9.17, 15) is 4.79 Å². The van der Waals surface area contributed by atoms with Crippen molar-refractivity contribution < 1.29 is 9.63 Å². The summed E-state index contributed by atoms with van der Waals surface area (Å²) < 4.78 is -0.0740. The molecular formula is C7H13NO2S. The average molecular weight is 175 g/mol. The van der Waals surface area contributed by atoms with Gasteiger partial charge in [0, 0.05) is 11.7 Å². The quantitative estimate of drug-likeness (QED) is 0.372. The fourth-order valence-corrected chi connectivity index (χ4v) is 0.429. The zero-order valence-corrected chi connectivity index (χ0v) is 8.07. The van der Waals surface area contributed by atoms with Crippen molar-refractivity contribution in [2.45, 2.75) is 25.5 Å². The first-order valence-electron chi connectivity index (χ1n) is 3.25. The van der Waals surface area contributed by atoms with Crippen molar-refractivity contribution in [1.29, 1.82) is 0 Å². The van der Waals surface area contributed by atoms with Gasteiger partial charge >= 0.3 is 5.97 Å². The molecule has 0 aromatic heterocycles. The highest BCUT2D eigenvalue weighted by molar-refractivity contribution is 8.00. The van der Waals surface area contributed by atoms with Crippen LogP contribution in [0.4, 0.5) is 0 Å². The van der Waals surface area contributed by atoms with E-state index in [0.717, 1.165) is 0 Å². The van der Waals surface area contributed by atoms with Crippen LogP contribution in [0, 0.1) is 0 Å². The molecule has 0 heterocycles. The van der Waals surface area contributed by atoms with Crippen LogP contribution in [0.25, 0.3) is 0 Å². The summed E-state index contributed by atoms with van der Waals surface area (Å²) >= 11 is 1.64. The third-order valence-corrected chi connectivity index (χ3v) is 2.23. The van der Waals surface area contributed by atoms with E-state index < -0.39 is 5.97 Å². The molecule has 0 saturated carbocycles. The van der Waals surface area contributed by atoms with E-state index >= 15 is 0 Å². The van der Waals surface area contributed by atoms with Crippen LogP contribution in [0.15, 0.2) is 5.16 Å². The molecule has 3 nitrogen and oxygen atoms in total. The summed E-state index contributed by atoms with van der Waals surface area (Å²) in [5.41, 5.74) is 0. The van der Waals surface area contributed by atoms with E-state index in [0.29, 0.717) is 0 Å². The lowest BCUT2D eigenvalue weighted by atomic mass is 10.2. The van der Waals surface area contributed by atoms with Crippen LogP contribution in [-0.4, -0.2) is 23.2 Å². The molecule has 0 aromatic carbocycles. The van der Waals surface area contributed by atoms with Crippen LogP contribution in [0.5, 0.6) is 0 Å². The highest BCUT2D eigenvalue weighted by atomic mass is 32.2. The van der Waals surface area contributed by atoms with Gasteiger partial charge in [0.15, 0.2) is 0 Å². The Kier molecular flexibility index (Phi) is 4.18. The lowest BCUT2D eigenvalue weighted by molar-refractivity contribution is -0.140. The third-order valence-electron chi connectivity index (χ3n) is 1.07. The summed E-state index contributed by atoms with van der Waals surface area (Å²) in [7, 11) is 0. The fraction of sp³-hybridized carbons (Fsp3) is 0.714. The lowest BCUT2D eigenvalue weighted by Crippen LogP contribution is -2.15. The zero-order chi connectivity index (χ0) is 8.91. The molecule has 0 radical (unpaired) electrons. The maximum Gasteiger partial charge on any atom is 0.331 e. The smallest absolute Gasteiger partial charge is 0.319 e. The molecular weight excluding hydrogens is 162 g/mol. The van der Waals surface area contributed by atoms with Gasteiger partial charge in [-0.1, -0.05) is 5.16 Å². The summed E-state index contributed by atoms with van der Waals surface area (Å²) in [5.74, 6) is -0.391. The van der Waals surface area contributed by atoms with Crippen molar-refractivity contribution in [3.63, 3.8) is 0 Å². The Hall–Kier alpha value is -0.510. The van der Waals surface area contributed by atoms with Gasteiger partial charge in [0.05, 0.1) is 6.21 Å².